The van der Waals surface area contributed by atoms with Crippen molar-refractivity contribution in [3.8, 4) is 5.75 Å². The highest BCUT2D eigenvalue weighted by molar-refractivity contribution is 5.89. The number of esters is 1. The average molecular weight is 348 g/mol. The van der Waals surface area contributed by atoms with Crippen LogP contribution in [0.1, 0.15) is 38.7 Å². The van der Waals surface area contributed by atoms with E-state index in [0.29, 0.717) is 5.75 Å². The molecule has 7 heteroatoms. The summed E-state index contributed by atoms with van der Waals surface area (Å²) < 4.78 is 10.5. The Morgan fingerprint density at radius 2 is 1.92 bits per heavy atom. The SMILES string of the molecule is COC(=O)C1CC(=O)NN(C(=O)C(C)Oc2ccccc2C(C)C)C1. The molecule has 0 aromatic heterocycles. The second-order valence-electron chi connectivity index (χ2n) is 6.36. The molecule has 1 fully saturated rings. The number of rotatable bonds is 5. The number of nitrogens with one attached hydrogen (secondary N) is 1. The lowest BCUT2D eigenvalue weighted by Gasteiger charge is -2.33. The molecule has 1 saturated heterocycles. The van der Waals surface area contributed by atoms with E-state index in [-0.39, 0.29) is 18.9 Å². The van der Waals surface area contributed by atoms with Crippen LogP contribution >= 0.6 is 0 Å². The number of hydrazine groups is 1. The first-order chi connectivity index (χ1) is 11.8. The summed E-state index contributed by atoms with van der Waals surface area (Å²) in [6.45, 7) is 5.77. The highest BCUT2D eigenvalue weighted by Gasteiger charge is 2.35. The first-order valence-electron chi connectivity index (χ1n) is 8.27. The summed E-state index contributed by atoms with van der Waals surface area (Å²) in [5.41, 5.74) is 3.48. The third-order valence-corrected chi connectivity index (χ3v) is 4.09. The average Bonchev–Trinajstić information content (AvgIpc) is 2.59. The second-order valence-corrected chi connectivity index (χ2v) is 6.36. The van der Waals surface area contributed by atoms with E-state index in [9.17, 15) is 14.4 Å². The first-order valence-corrected chi connectivity index (χ1v) is 8.27. The standard InChI is InChI=1S/C18H24N2O5/c1-11(2)14-7-5-6-8-15(14)25-12(3)17(22)20-10-13(18(23)24-4)9-16(21)19-20/h5-8,11-13H,9-10H2,1-4H3,(H,19,21). The van der Waals surface area contributed by atoms with Gasteiger partial charge in [-0.25, -0.2) is 5.01 Å². The smallest absolute Gasteiger partial charge is 0.311 e. The Morgan fingerprint density at radius 3 is 2.56 bits per heavy atom. The van der Waals surface area contributed by atoms with Crippen molar-refractivity contribution in [2.45, 2.75) is 39.2 Å². The number of hydrogen-bond donors (Lipinski definition) is 1. The Hall–Kier alpha value is -2.57. The summed E-state index contributed by atoms with van der Waals surface area (Å²) in [6.07, 6.45) is -0.807. The van der Waals surface area contributed by atoms with Crippen LogP contribution in [-0.4, -0.2) is 42.6 Å². The van der Waals surface area contributed by atoms with Crippen molar-refractivity contribution in [2.24, 2.45) is 5.92 Å². The molecule has 0 saturated carbocycles. The van der Waals surface area contributed by atoms with Gasteiger partial charge in [-0.15, -0.1) is 0 Å². The maximum atomic E-state index is 12.6. The van der Waals surface area contributed by atoms with Gasteiger partial charge in [0.15, 0.2) is 6.10 Å². The van der Waals surface area contributed by atoms with Crippen molar-refractivity contribution in [1.82, 2.24) is 10.4 Å². The Bertz CT molecular complexity index is 659. The van der Waals surface area contributed by atoms with Gasteiger partial charge < -0.3 is 9.47 Å². The predicted molar refractivity (Wildman–Crippen MR) is 90.6 cm³/mol. The number of benzene rings is 1. The Labute approximate surface area is 147 Å². The van der Waals surface area contributed by atoms with Crippen molar-refractivity contribution in [1.29, 1.82) is 0 Å². The number of methoxy groups -OCH3 is 1. The molecule has 1 aromatic rings. The van der Waals surface area contributed by atoms with Crippen LogP contribution in [-0.2, 0) is 19.1 Å². The van der Waals surface area contributed by atoms with E-state index in [1.807, 2.05) is 38.1 Å². The molecular weight excluding hydrogens is 324 g/mol. The van der Waals surface area contributed by atoms with Gasteiger partial charge in [-0.2, -0.15) is 0 Å². The first kappa shape index (κ1) is 18.8. The molecule has 7 nitrogen and oxygen atoms in total. The third kappa shape index (κ3) is 4.49. The van der Waals surface area contributed by atoms with Crippen LogP contribution < -0.4 is 10.2 Å². The van der Waals surface area contributed by atoms with Crippen molar-refractivity contribution in [3.63, 3.8) is 0 Å². The molecule has 1 N–H and O–H groups in total. The molecule has 2 atom stereocenters. The minimum absolute atomic E-state index is 0.00186. The predicted octanol–water partition coefficient (Wildman–Crippen LogP) is 1.63. The lowest BCUT2D eigenvalue weighted by molar-refractivity contribution is -0.159. The fourth-order valence-electron chi connectivity index (χ4n) is 2.75. The summed E-state index contributed by atoms with van der Waals surface area (Å²) in [4.78, 5) is 36.1. The Balaban J connectivity index is 2.09. The fourth-order valence-corrected chi connectivity index (χ4v) is 2.75. The molecule has 1 aromatic carbocycles. The highest BCUT2D eigenvalue weighted by atomic mass is 16.5. The molecule has 136 valence electrons. The van der Waals surface area contributed by atoms with Gasteiger partial charge in [0.1, 0.15) is 5.75 Å². The molecule has 1 heterocycles. The van der Waals surface area contributed by atoms with E-state index < -0.39 is 29.8 Å². The molecule has 1 aliphatic heterocycles. The van der Waals surface area contributed by atoms with E-state index in [1.54, 1.807) is 6.92 Å². The third-order valence-electron chi connectivity index (χ3n) is 4.09. The minimum atomic E-state index is -0.809. The largest absolute Gasteiger partial charge is 0.481 e. The van der Waals surface area contributed by atoms with Gasteiger partial charge in [0.2, 0.25) is 5.91 Å². The summed E-state index contributed by atoms with van der Waals surface area (Å²) in [6, 6.07) is 7.52. The molecule has 0 aliphatic carbocycles. The van der Waals surface area contributed by atoms with Gasteiger partial charge >= 0.3 is 5.97 Å². The van der Waals surface area contributed by atoms with Crippen LogP contribution in [0.25, 0.3) is 0 Å². The minimum Gasteiger partial charge on any atom is -0.481 e. The van der Waals surface area contributed by atoms with Crippen LogP contribution in [0.3, 0.4) is 0 Å². The van der Waals surface area contributed by atoms with Crippen LogP contribution in [0.2, 0.25) is 0 Å². The zero-order valence-corrected chi connectivity index (χ0v) is 14.9. The molecule has 2 rings (SSSR count). The van der Waals surface area contributed by atoms with E-state index in [0.717, 1.165) is 10.6 Å². The van der Waals surface area contributed by atoms with Crippen molar-refractivity contribution in [3.05, 3.63) is 29.8 Å². The lowest BCUT2D eigenvalue weighted by Crippen LogP contribution is -2.57. The number of amides is 2. The van der Waals surface area contributed by atoms with E-state index >= 15 is 0 Å². The molecule has 25 heavy (non-hydrogen) atoms. The normalized spacial score (nSPS) is 18.5. The zero-order chi connectivity index (χ0) is 18.6. The van der Waals surface area contributed by atoms with Gasteiger partial charge in [-0.05, 0) is 24.5 Å². The molecule has 2 unspecified atom stereocenters. The van der Waals surface area contributed by atoms with Crippen molar-refractivity contribution < 1.29 is 23.9 Å². The van der Waals surface area contributed by atoms with Crippen molar-refractivity contribution >= 4 is 17.8 Å². The number of hydrogen-bond acceptors (Lipinski definition) is 5. The molecule has 0 spiro atoms. The fraction of sp³-hybridized carbons (Fsp3) is 0.500. The maximum Gasteiger partial charge on any atom is 0.311 e. The molecule has 0 radical (unpaired) electrons. The van der Waals surface area contributed by atoms with Gasteiger partial charge in [-0.1, -0.05) is 32.0 Å². The summed E-state index contributed by atoms with van der Waals surface area (Å²) in [5.74, 6) is -1.11. The zero-order valence-electron chi connectivity index (χ0n) is 14.9. The van der Waals surface area contributed by atoms with Crippen molar-refractivity contribution in [2.75, 3.05) is 13.7 Å². The Kier molecular flexibility index (Phi) is 6.01. The number of ether oxygens (including phenoxy) is 2. The Morgan fingerprint density at radius 1 is 1.24 bits per heavy atom. The van der Waals surface area contributed by atoms with Gasteiger partial charge in [0.25, 0.3) is 5.91 Å². The van der Waals surface area contributed by atoms with Crippen LogP contribution in [0.5, 0.6) is 5.75 Å². The molecular formula is C18H24N2O5. The van der Waals surface area contributed by atoms with Gasteiger partial charge in [-0.3, -0.25) is 19.8 Å². The number of para-hydroxylation sites is 1. The summed E-state index contributed by atoms with van der Waals surface area (Å²) in [5, 5.41) is 1.13. The van der Waals surface area contributed by atoms with E-state index in [2.05, 4.69) is 10.2 Å². The number of carbonyl (C=O) groups is 3. The number of carbonyl (C=O) groups excluding carboxylic acids is 3. The summed E-state index contributed by atoms with van der Waals surface area (Å²) >= 11 is 0. The number of nitrogens with zero attached hydrogens (tertiary/aromatic N) is 1. The van der Waals surface area contributed by atoms with Crippen LogP contribution in [0, 0.1) is 5.92 Å². The quantitative estimate of drug-likeness (QED) is 0.818. The van der Waals surface area contributed by atoms with E-state index in [1.165, 1.54) is 7.11 Å². The van der Waals surface area contributed by atoms with Gasteiger partial charge in [0, 0.05) is 6.42 Å². The lowest BCUT2D eigenvalue weighted by atomic mass is 10.0. The molecule has 0 bridgehead atoms. The second kappa shape index (κ2) is 8.00. The topological polar surface area (TPSA) is 84.9 Å². The highest BCUT2D eigenvalue weighted by Crippen LogP contribution is 2.27. The molecule has 1 aliphatic rings. The van der Waals surface area contributed by atoms with Crippen LogP contribution in [0.15, 0.2) is 24.3 Å². The summed E-state index contributed by atoms with van der Waals surface area (Å²) in [7, 11) is 1.26. The van der Waals surface area contributed by atoms with Gasteiger partial charge in [0.05, 0.1) is 19.6 Å². The monoisotopic (exact) mass is 348 g/mol. The maximum absolute atomic E-state index is 12.6. The molecule has 2 amide bonds. The van der Waals surface area contributed by atoms with E-state index in [4.69, 9.17) is 4.74 Å². The van der Waals surface area contributed by atoms with Crippen LogP contribution in [0.4, 0.5) is 0 Å².